The lowest BCUT2D eigenvalue weighted by molar-refractivity contribution is -0.123. The Hall–Kier alpha value is -0.700. The predicted molar refractivity (Wildman–Crippen MR) is 83.1 cm³/mol. The van der Waals surface area contributed by atoms with Gasteiger partial charge in [-0.25, -0.2) is 4.39 Å². The van der Waals surface area contributed by atoms with Gasteiger partial charge in [-0.2, -0.15) is 0 Å². The number of carbonyl (C=O) groups is 1. The molecule has 1 aromatic rings. The molecule has 1 aliphatic carbocycles. The van der Waals surface area contributed by atoms with E-state index in [2.05, 4.69) is 29.8 Å². The molecular weight excluding hydrogens is 319 g/mol. The first kappa shape index (κ1) is 15.7. The fourth-order valence-corrected chi connectivity index (χ4v) is 3.53. The van der Waals surface area contributed by atoms with E-state index in [4.69, 9.17) is 0 Å². The molecule has 3 heteroatoms. The molecule has 1 nitrogen and oxygen atoms in total. The molecule has 0 N–H and O–H groups in total. The van der Waals surface area contributed by atoms with E-state index in [1.807, 2.05) is 0 Å². The third kappa shape index (κ3) is 3.91. The number of carbonyl (C=O) groups excluding carboxylic acids is 1. The quantitative estimate of drug-likeness (QED) is 0.739. The Bertz CT molecular complexity index is 476. The monoisotopic (exact) mass is 340 g/mol. The van der Waals surface area contributed by atoms with E-state index in [9.17, 15) is 9.18 Å². The lowest BCUT2D eigenvalue weighted by Gasteiger charge is -2.30. The van der Waals surface area contributed by atoms with Crippen LogP contribution in [0.2, 0.25) is 0 Å². The van der Waals surface area contributed by atoms with Crippen molar-refractivity contribution in [2.45, 2.75) is 46.0 Å². The second-order valence-electron chi connectivity index (χ2n) is 6.25. The van der Waals surface area contributed by atoms with E-state index in [1.165, 1.54) is 18.9 Å². The van der Waals surface area contributed by atoms with Crippen LogP contribution in [0.25, 0.3) is 0 Å². The zero-order valence-corrected chi connectivity index (χ0v) is 13.7. The summed E-state index contributed by atoms with van der Waals surface area (Å²) in [4.78, 5) is 12.3. The number of ketones is 1. The van der Waals surface area contributed by atoms with Crippen LogP contribution in [-0.4, -0.2) is 5.78 Å². The number of hydrogen-bond acceptors (Lipinski definition) is 1. The number of Topliss-reactive ketones (excluding diaryl/α,β-unsaturated/α-hetero) is 1. The van der Waals surface area contributed by atoms with Crippen LogP contribution in [0, 0.1) is 23.6 Å². The first-order valence-corrected chi connectivity index (χ1v) is 8.23. The van der Waals surface area contributed by atoms with Gasteiger partial charge in [0.05, 0.1) is 4.47 Å². The van der Waals surface area contributed by atoms with Crippen molar-refractivity contribution in [3.8, 4) is 0 Å². The first-order chi connectivity index (χ1) is 9.47. The van der Waals surface area contributed by atoms with E-state index >= 15 is 0 Å². The highest BCUT2D eigenvalue weighted by molar-refractivity contribution is 9.10. The fourth-order valence-electron chi connectivity index (χ4n) is 3.10. The van der Waals surface area contributed by atoms with E-state index in [1.54, 1.807) is 12.1 Å². The summed E-state index contributed by atoms with van der Waals surface area (Å²) in [6, 6.07) is 4.84. The molecule has 110 valence electrons. The molecule has 0 saturated heterocycles. The van der Waals surface area contributed by atoms with Gasteiger partial charge >= 0.3 is 0 Å². The summed E-state index contributed by atoms with van der Waals surface area (Å²) >= 11 is 3.17. The van der Waals surface area contributed by atoms with Crippen molar-refractivity contribution in [3.63, 3.8) is 0 Å². The van der Waals surface area contributed by atoms with Crippen LogP contribution in [0.3, 0.4) is 0 Å². The van der Waals surface area contributed by atoms with Crippen molar-refractivity contribution in [1.29, 1.82) is 0 Å². The predicted octanol–water partition coefficient (Wildman–Crippen LogP) is 5.16. The maximum Gasteiger partial charge on any atom is 0.140 e. The van der Waals surface area contributed by atoms with E-state index < -0.39 is 0 Å². The zero-order chi connectivity index (χ0) is 14.7. The maximum absolute atomic E-state index is 13.2. The summed E-state index contributed by atoms with van der Waals surface area (Å²) < 4.78 is 13.6. The highest BCUT2D eigenvalue weighted by Gasteiger charge is 2.27. The number of benzene rings is 1. The topological polar surface area (TPSA) is 17.1 Å². The molecular formula is C17H22BrFO. The molecule has 1 saturated carbocycles. The highest BCUT2D eigenvalue weighted by Crippen LogP contribution is 2.34. The van der Waals surface area contributed by atoms with Crippen LogP contribution in [0.4, 0.5) is 4.39 Å². The number of rotatable bonds is 4. The van der Waals surface area contributed by atoms with Crippen LogP contribution in [-0.2, 0) is 11.2 Å². The largest absolute Gasteiger partial charge is 0.299 e. The van der Waals surface area contributed by atoms with Crippen molar-refractivity contribution in [2.24, 2.45) is 17.8 Å². The molecule has 0 atom stereocenters. The van der Waals surface area contributed by atoms with Crippen LogP contribution in [0.5, 0.6) is 0 Å². The summed E-state index contributed by atoms with van der Waals surface area (Å²) in [7, 11) is 0. The molecule has 1 aliphatic rings. The van der Waals surface area contributed by atoms with Crippen molar-refractivity contribution in [2.75, 3.05) is 0 Å². The van der Waals surface area contributed by atoms with E-state index in [-0.39, 0.29) is 11.7 Å². The summed E-state index contributed by atoms with van der Waals surface area (Å²) in [6.45, 7) is 4.53. The molecule has 2 rings (SSSR count). The Labute approximate surface area is 129 Å². The Kier molecular flexibility index (Phi) is 5.36. The molecule has 1 aromatic carbocycles. The highest BCUT2D eigenvalue weighted by atomic mass is 79.9. The van der Waals surface area contributed by atoms with Crippen molar-refractivity contribution in [3.05, 3.63) is 34.1 Å². The standard InChI is InChI=1S/C17H22BrFO/c1-11(2)13-4-6-14(7-5-13)17(20)10-12-3-8-16(19)15(18)9-12/h3,8-9,11,13-14H,4-7,10H2,1-2H3. The first-order valence-electron chi connectivity index (χ1n) is 7.44. The molecule has 0 spiro atoms. The van der Waals surface area contributed by atoms with Gasteiger partial charge in [0, 0.05) is 12.3 Å². The summed E-state index contributed by atoms with van der Waals surface area (Å²) in [5.74, 6) is 1.73. The molecule has 0 bridgehead atoms. The molecule has 0 aliphatic heterocycles. The molecule has 0 radical (unpaired) electrons. The normalized spacial score (nSPS) is 23.1. The molecule has 0 aromatic heterocycles. The Morgan fingerprint density at radius 1 is 1.30 bits per heavy atom. The summed E-state index contributed by atoms with van der Waals surface area (Å²) in [5.41, 5.74) is 0.897. The van der Waals surface area contributed by atoms with Crippen LogP contribution in [0.15, 0.2) is 22.7 Å². The third-order valence-corrected chi connectivity index (χ3v) is 5.14. The minimum atomic E-state index is -0.279. The van der Waals surface area contributed by atoms with Crippen LogP contribution in [0.1, 0.15) is 45.1 Å². The zero-order valence-electron chi connectivity index (χ0n) is 12.2. The average molecular weight is 341 g/mol. The van der Waals surface area contributed by atoms with Crippen LogP contribution < -0.4 is 0 Å². The second kappa shape index (κ2) is 6.84. The number of hydrogen-bond donors (Lipinski definition) is 0. The van der Waals surface area contributed by atoms with E-state index in [0.717, 1.165) is 30.2 Å². The Balaban J connectivity index is 1.91. The smallest absolute Gasteiger partial charge is 0.140 e. The Morgan fingerprint density at radius 3 is 2.50 bits per heavy atom. The van der Waals surface area contributed by atoms with Gasteiger partial charge in [0.25, 0.3) is 0 Å². The maximum atomic E-state index is 13.2. The molecule has 1 fully saturated rings. The van der Waals surface area contributed by atoms with E-state index in [0.29, 0.717) is 16.7 Å². The second-order valence-corrected chi connectivity index (χ2v) is 7.10. The van der Waals surface area contributed by atoms with Gasteiger partial charge in [0.1, 0.15) is 11.6 Å². The average Bonchev–Trinajstić information content (AvgIpc) is 2.43. The van der Waals surface area contributed by atoms with Crippen molar-refractivity contribution < 1.29 is 9.18 Å². The Morgan fingerprint density at radius 2 is 1.95 bits per heavy atom. The van der Waals surface area contributed by atoms with Crippen molar-refractivity contribution in [1.82, 2.24) is 0 Å². The minimum Gasteiger partial charge on any atom is -0.299 e. The molecule has 0 unspecified atom stereocenters. The van der Waals surface area contributed by atoms with Gasteiger partial charge < -0.3 is 0 Å². The van der Waals surface area contributed by atoms with Crippen molar-refractivity contribution >= 4 is 21.7 Å². The van der Waals surface area contributed by atoms with Gasteiger partial charge in [-0.3, -0.25) is 4.79 Å². The minimum absolute atomic E-state index is 0.203. The fraction of sp³-hybridized carbons (Fsp3) is 0.588. The lowest BCUT2D eigenvalue weighted by atomic mass is 9.75. The van der Waals surface area contributed by atoms with Gasteiger partial charge in [-0.1, -0.05) is 19.9 Å². The van der Waals surface area contributed by atoms with Gasteiger partial charge in [-0.15, -0.1) is 0 Å². The SMILES string of the molecule is CC(C)C1CCC(C(=O)Cc2ccc(F)c(Br)c2)CC1. The summed E-state index contributed by atoms with van der Waals surface area (Å²) in [5, 5.41) is 0. The van der Waals surface area contributed by atoms with Gasteiger partial charge in [0.2, 0.25) is 0 Å². The van der Waals surface area contributed by atoms with Gasteiger partial charge in [0.15, 0.2) is 0 Å². The van der Waals surface area contributed by atoms with Crippen LogP contribution >= 0.6 is 15.9 Å². The lowest BCUT2D eigenvalue weighted by Crippen LogP contribution is -2.25. The van der Waals surface area contributed by atoms with Gasteiger partial charge in [-0.05, 0) is 71.1 Å². The third-order valence-electron chi connectivity index (χ3n) is 4.53. The molecule has 20 heavy (non-hydrogen) atoms. The molecule has 0 amide bonds. The number of halogens is 2. The molecule has 0 heterocycles. The summed E-state index contributed by atoms with van der Waals surface area (Å²) in [6.07, 6.45) is 4.80.